The van der Waals surface area contributed by atoms with Crippen molar-refractivity contribution in [1.82, 2.24) is 5.32 Å². The molecule has 5 heteroatoms. The number of carbonyl (C=O) groups is 1. The van der Waals surface area contributed by atoms with Crippen LogP contribution >= 0.6 is 0 Å². The van der Waals surface area contributed by atoms with E-state index >= 15 is 0 Å². The molecule has 0 aliphatic carbocycles. The molecule has 1 heterocycles. The maximum Gasteiger partial charge on any atom is 0.241 e. The Labute approximate surface area is 155 Å². The van der Waals surface area contributed by atoms with Gasteiger partial charge in [-0.15, -0.1) is 0 Å². The van der Waals surface area contributed by atoms with Gasteiger partial charge in [0.05, 0.1) is 19.3 Å². The number of anilines is 2. The Morgan fingerprint density at radius 1 is 1.00 bits per heavy atom. The van der Waals surface area contributed by atoms with Gasteiger partial charge in [-0.25, -0.2) is 0 Å². The van der Waals surface area contributed by atoms with E-state index in [2.05, 4.69) is 34.6 Å². The largest absolute Gasteiger partial charge is 0.378 e. The maximum atomic E-state index is 12.5. The number of rotatable bonds is 6. The molecule has 5 nitrogen and oxygen atoms in total. The lowest BCUT2D eigenvalue weighted by Crippen LogP contribution is -2.39. The summed E-state index contributed by atoms with van der Waals surface area (Å²) in [5.41, 5.74) is 3.14. The van der Waals surface area contributed by atoms with E-state index in [0.717, 1.165) is 37.7 Å². The summed E-state index contributed by atoms with van der Waals surface area (Å²) in [5, 5.41) is 6.33. The molecule has 2 aromatic carbocycles. The van der Waals surface area contributed by atoms with Crippen LogP contribution in [0.4, 0.5) is 11.4 Å². The van der Waals surface area contributed by atoms with Crippen LogP contribution in [-0.4, -0.2) is 38.3 Å². The molecule has 0 bridgehead atoms. The standard InChI is InChI=1S/C21H27N3O2/c1-16(18-6-4-3-5-7-18)22-17(2)21(25)23-19-8-10-20(11-9-19)24-12-14-26-15-13-24/h3-11,16-17,22H,12-15H2,1-2H3,(H,23,25)/t16-,17-/m1/s1. The van der Waals surface area contributed by atoms with Crippen molar-refractivity contribution in [2.24, 2.45) is 0 Å². The van der Waals surface area contributed by atoms with Crippen LogP contribution in [-0.2, 0) is 9.53 Å². The lowest BCUT2D eigenvalue weighted by Gasteiger charge is -2.29. The summed E-state index contributed by atoms with van der Waals surface area (Å²) in [6.07, 6.45) is 0. The van der Waals surface area contributed by atoms with Gasteiger partial charge >= 0.3 is 0 Å². The molecule has 1 saturated heterocycles. The van der Waals surface area contributed by atoms with Crippen LogP contribution in [0.2, 0.25) is 0 Å². The van der Waals surface area contributed by atoms with Crippen LogP contribution in [0.5, 0.6) is 0 Å². The van der Waals surface area contributed by atoms with Crippen molar-refractivity contribution < 1.29 is 9.53 Å². The van der Waals surface area contributed by atoms with Crippen LogP contribution in [0.1, 0.15) is 25.5 Å². The molecule has 2 atom stereocenters. The van der Waals surface area contributed by atoms with Crippen LogP contribution in [0.15, 0.2) is 54.6 Å². The molecule has 0 unspecified atom stereocenters. The molecule has 2 aromatic rings. The average molecular weight is 353 g/mol. The maximum absolute atomic E-state index is 12.5. The molecule has 26 heavy (non-hydrogen) atoms. The number of nitrogens with zero attached hydrogens (tertiary/aromatic N) is 1. The second-order valence-electron chi connectivity index (χ2n) is 6.66. The van der Waals surface area contributed by atoms with E-state index in [4.69, 9.17) is 4.74 Å². The van der Waals surface area contributed by atoms with Gasteiger partial charge in [0, 0.05) is 30.5 Å². The SMILES string of the molecule is C[C@@H](N[C@H](C)c1ccccc1)C(=O)Nc1ccc(N2CCOCC2)cc1. The highest BCUT2D eigenvalue weighted by atomic mass is 16.5. The fraction of sp³-hybridized carbons (Fsp3) is 0.381. The van der Waals surface area contributed by atoms with E-state index in [0.29, 0.717) is 0 Å². The normalized spacial score (nSPS) is 16.8. The highest BCUT2D eigenvalue weighted by Gasteiger charge is 2.17. The van der Waals surface area contributed by atoms with Gasteiger partial charge in [-0.3, -0.25) is 10.1 Å². The Bertz CT molecular complexity index is 697. The molecule has 0 radical (unpaired) electrons. The number of ether oxygens (including phenoxy) is 1. The third-order valence-electron chi connectivity index (χ3n) is 4.70. The first-order valence-corrected chi connectivity index (χ1v) is 9.18. The number of nitrogens with one attached hydrogen (secondary N) is 2. The smallest absolute Gasteiger partial charge is 0.241 e. The first-order valence-electron chi connectivity index (χ1n) is 9.18. The van der Waals surface area contributed by atoms with Crippen LogP contribution in [0, 0.1) is 0 Å². The summed E-state index contributed by atoms with van der Waals surface area (Å²) in [4.78, 5) is 14.8. The van der Waals surface area contributed by atoms with Crippen molar-refractivity contribution in [3.8, 4) is 0 Å². The number of hydrogen-bond donors (Lipinski definition) is 2. The second-order valence-corrected chi connectivity index (χ2v) is 6.66. The van der Waals surface area contributed by atoms with E-state index in [9.17, 15) is 4.79 Å². The summed E-state index contributed by atoms with van der Waals surface area (Å²) in [5.74, 6) is -0.0353. The Hall–Kier alpha value is -2.37. The zero-order valence-corrected chi connectivity index (χ0v) is 15.4. The Balaban J connectivity index is 1.53. The van der Waals surface area contributed by atoms with Gasteiger partial charge in [-0.05, 0) is 43.7 Å². The van der Waals surface area contributed by atoms with Gasteiger partial charge < -0.3 is 15.0 Å². The monoisotopic (exact) mass is 353 g/mol. The predicted molar refractivity (Wildman–Crippen MR) is 106 cm³/mol. The minimum atomic E-state index is -0.288. The summed E-state index contributed by atoms with van der Waals surface area (Å²) in [6.45, 7) is 7.30. The minimum Gasteiger partial charge on any atom is -0.378 e. The zero-order valence-electron chi connectivity index (χ0n) is 15.4. The Kier molecular flexibility index (Phi) is 6.26. The predicted octanol–water partition coefficient (Wildman–Crippen LogP) is 3.20. The summed E-state index contributed by atoms with van der Waals surface area (Å²) >= 11 is 0. The van der Waals surface area contributed by atoms with E-state index in [-0.39, 0.29) is 18.0 Å². The topological polar surface area (TPSA) is 53.6 Å². The molecular formula is C21H27N3O2. The first kappa shape index (κ1) is 18.4. The van der Waals surface area contributed by atoms with Crippen LogP contribution in [0.3, 0.4) is 0 Å². The lowest BCUT2D eigenvalue weighted by atomic mass is 10.1. The number of carbonyl (C=O) groups excluding carboxylic acids is 1. The van der Waals surface area contributed by atoms with Gasteiger partial charge in [0.15, 0.2) is 0 Å². The molecule has 1 fully saturated rings. The molecule has 0 saturated carbocycles. The molecule has 0 aromatic heterocycles. The minimum absolute atomic E-state index is 0.0353. The lowest BCUT2D eigenvalue weighted by molar-refractivity contribution is -0.117. The second kappa shape index (κ2) is 8.83. The molecule has 1 aliphatic heterocycles. The fourth-order valence-corrected chi connectivity index (χ4v) is 3.12. The van der Waals surface area contributed by atoms with Gasteiger partial charge in [-0.1, -0.05) is 30.3 Å². The zero-order chi connectivity index (χ0) is 18.4. The number of amides is 1. The number of hydrogen-bond acceptors (Lipinski definition) is 4. The van der Waals surface area contributed by atoms with Crippen molar-refractivity contribution in [3.63, 3.8) is 0 Å². The Morgan fingerprint density at radius 2 is 1.65 bits per heavy atom. The van der Waals surface area contributed by atoms with Gasteiger partial charge in [0.2, 0.25) is 5.91 Å². The Morgan fingerprint density at radius 3 is 2.31 bits per heavy atom. The molecule has 2 N–H and O–H groups in total. The molecule has 0 spiro atoms. The molecular weight excluding hydrogens is 326 g/mol. The molecule has 1 aliphatic rings. The van der Waals surface area contributed by atoms with Crippen LogP contribution in [0.25, 0.3) is 0 Å². The van der Waals surface area contributed by atoms with E-state index in [1.165, 1.54) is 5.56 Å². The molecule has 3 rings (SSSR count). The van der Waals surface area contributed by atoms with Gasteiger partial charge in [0.1, 0.15) is 0 Å². The summed E-state index contributed by atoms with van der Waals surface area (Å²) in [6, 6.07) is 18.0. The van der Waals surface area contributed by atoms with E-state index in [1.807, 2.05) is 49.4 Å². The average Bonchev–Trinajstić information content (AvgIpc) is 2.70. The number of benzene rings is 2. The molecule has 138 valence electrons. The van der Waals surface area contributed by atoms with Crippen molar-refractivity contribution in [2.75, 3.05) is 36.5 Å². The third-order valence-corrected chi connectivity index (χ3v) is 4.70. The van der Waals surface area contributed by atoms with Crippen molar-refractivity contribution >= 4 is 17.3 Å². The summed E-state index contributed by atoms with van der Waals surface area (Å²) in [7, 11) is 0. The number of morpholine rings is 1. The van der Waals surface area contributed by atoms with Gasteiger partial charge in [0.25, 0.3) is 0 Å². The fourth-order valence-electron chi connectivity index (χ4n) is 3.12. The highest BCUT2D eigenvalue weighted by molar-refractivity contribution is 5.94. The van der Waals surface area contributed by atoms with Crippen molar-refractivity contribution in [3.05, 3.63) is 60.2 Å². The molecule has 1 amide bonds. The third kappa shape index (κ3) is 4.84. The van der Waals surface area contributed by atoms with E-state index < -0.39 is 0 Å². The quantitative estimate of drug-likeness (QED) is 0.837. The van der Waals surface area contributed by atoms with Crippen molar-refractivity contribution in [1.29, 1.82) is 0 Å². The summed E-state index contributed by atoms with van der Waals surface area (Å²) < 4.78 is 5.38. The van der Waals surface area contributed by atoms with Crippen LogP contribution < -0.4 is 15.5 Å². The first-order chi connectivity index (χ1) is 12.6. The highest BCUT2D eigenvalue weighted by Crippen LogP contribution is 2.19. The van der Waals surface area contributed by atoms with E-state index in [1.54, 1.807) is 0 Å². The van der Waals surface area contributed by atoms with Gasteiger partial charge in [-0.2, -0.15) is 0 Å². The van der Waals surface area contributed by atoms with Crippen molar-refractivity contribution in [2.45, 2.75) is 25.9 Å².